The number of aromatic nitrogens is 2. The van der Waals surface area contributed by atoms with Gasteiger partial charge in [-0.25, -0.2) is 4.79 Å². The van der Waals surface area contributed by atoms with Gasteiger partial charge in [-0.05, 0) is 24.7 Å². The normalized spacial score (nSPS) is 26.3. The summed E-state index contributed by atoms with van der Waals surface area (Å²) < 4.78 is 3.28. The fourth-order valence-electron chi connectivity index (χ4n) is 4.51. The second-order valence-electron chi connectivity index (χ2n) is 7.59. The Morgan fingerprint density at radius 3 is 2.84 bits per heavy atom. The summed E-state index contributed by atoms with van der Waals surface area (Å²) in [5.74, 6) is 0.517. The fraction of sp³-hybridized carbons (Fsp3) is 0.556. The molecule has 0 unspecified atom stereocenters. The van der Waals surface area contributed by atoms with Crippen LogP contribution in [0.3, 0.4) is 0 Å². The topological polar surface area (TPSA) is 71.3 Å². The van der Waals surface area contributed by atoms with Crippen molar-refractivity contribution >= 4 is 16.9 Å². The van der Waals surface area contributed by atoms with Gasteiger partial charge in [0, 0.05) is 52.7 Å². The van der Waals surface area contributed by atoms with Crippen LogP contribution in [0.25, 0.3) is 11.0 Å². The molecule has 25 heavy (non-hydrogen) atoms. The van der Waals surface area contributed by atoms with Gasteiger partial charge in [-0.15, -0.1) is 0 Å². The summed E-state index contributed by atoms with van der Waals surface area (Å²) in [7, 11) is 5.63. The second kappa shape index (κ2) is 5.71. The van der Waals surface area contributed by atoms with Crippen LogP contribution in [0, 0.1) is 11.3 Å². The minimum Gasteiger partial charge on any atom is -0.351 e. The number of fused-ring (bicyclic) bond motifs is 2. The summed E-state index contributed by atoms with van der Waals surface area (Å²) in [6.45, 7) is 3.92. The summed E-state index contributed by atoms with van der Waals surface area (Å²) in [5, 5.41) is 6.51. The lowest BCUT2D eigenvalue weighted by atomic mass is 9.80. The molecule has 0 spiro atoms. The Labute approximate surface area is 146 Å². The Bertz CT molecular complexity index is 899. The average Bonchev–Trinajstić information content (AvgIpc) is 3.19. The van der Waals surface area contributed by atoms with E-state index in [1.165, 1.54) is 0 Å². The molecule has 0 radical (unpaired) electrons. The smallest absolute Gasteiger partial charge is 0.328 e. The Balaban J connectivity index is 1.53. The molecule has 134 valence electrons. The van der Waals surface area contributed by atoms with Crippen LogP contribution < -0.4 is 16.3 Å². The van der Waals surface area contributed by atoms with E-state index in [-0.39, 0.29) is 17.0 Å². The van der Waals surface area contributed by atoms with E-state index in [4.69, 9.17) is 0 Å². The Morgan fingerprint density at radius 2 is 2.04 bits per heavy atom. The van der Waals surface area contributed by atoms with Crippen LogP contribution in [0.4, 0.5) is 0 Å². The van der Waals surface area contributed by atoms with Gasteiger partial charge in [0.1, 0.15) is 0 Å². The number of carbonyl (C=O) groups is 1. The Kier molecular flexibility index (Phi) is 3.73. The predicted octanol–water partition coefficient (Wildman–Crippen LogP) is -0.356. The van der Waals surface area contributed by atoms with Gasteiger partial charge in [0.05, 0.1) is 16.4 Å². The number of hydrogen-bond donors (Lipinski definition) is 2. The number of amides is 1. The quantitative estimate of drug-likeness (QED) is 0.799. The zero-order valence-corrected chi connectivity index (χ0v) is 15.0. The molecule has 2 saturated heterocycles. The molecule has 2 aliphatic heterocycles. The van der Waals surface area contributed by atoms with Gasteiger partial charge in [-0.2, -0.15) is 0 Å². The van der Waals surface area contributed by atoms with Crippen molar-refractivity contribution in [3.05, 3.63) is 34.2 Å². The lowest BCUT2D eigenvalue weighted by Gasteiger charge is -2.26. The van der Waals surface area contributed by atoms with Crippen molar-refractivity contribution in [2.75, 3.05) is 33.2 Å². The standard InChI is InChI=1S/C18H25N5O2/c1-21-9-13-8-19-10-18(13,11-21)16(24)20-7-12-4-5-14-15(6-12)23(3)17(25)22(14)2/h4-6,13,19H,7-11H2,1-3H3,(H,20,24)/t13-,18-/m1/s1. The number of imidazole rings is 1. The van der Waals surface area contributed by atoms with Gasteiger partial charge in [-0.1, -0.05) is 6.07 Å². The number of nitrogens with one attached hydrogen (secondary N) is 2. The summed E-state index contributed by atoms with van der Waals surface area (Å²) in [6, 6.07) is 5.91. The van der Waals surface area contributed by atoms with E-state index in [1.807, 2.05) is 18.2 Å². The van der Waals surface area contributed by atoms with Gasteiger partial charge in [0.15, 0.2) is 0 Å². The molecule has 7 heteroatoms. The number of aryl methyl sites for hydroxylation is 2. The molecule has 2 atom stereocenters. The van der Waals surface area contributed by atoms with Crippen molar-refractivity contribution in [2.24, 2.45) is 25.4 Å². The first-order chi connectivity index (χ1) is 11.9. The molecule has 7 nitrogen and oxygen atoms in total. The molecular weight excluding hydrogens is 318 g/mol. The van der Waals surface area contributed by atoms with Crippen molar-refractivity contribution in [1.82, 2.24) is 24.7 Å². The van der Waals surface area contributed by atoms with Crippen LogP contribution in [0.2, 0.25) is 0 Å². The number of nitrogens with zero attached hydrogens (tertiary/aromatic N) is 3. The van der Waals surface area contributed by atoms with E-state index in [2.05, 4.69) is 22.6 Å². The van der Waals surface area contributed by atoms with Gasteiger partial charge in [0.25, 0.3) is 0 Å². The minimum atomic E-state index is -0.307. The molecular formula is C18H25N5O2. The van der Waals surface area contributed by atoms with Gasteiger partial charge in [0.2, 0.25) is 5.91 Å². The van der Waals surface area contributed by atoms with Crippen molar-refractivity contribution < 1.29 is 4.79 Å². The van der Waals surface area contributed by atoms with Crippen molar-refractivity contribution in [3.63, 3.8) is 0 Å². The van der Waals surface area contributed by atoms with E-state index in [9.17, 15) is 9.59 Å². The highest BCUT2D eigenvalue weighted by Crippen LogP contribution is 2.38. The van der Waals surface area contributed by atoms with E-state index < -0.39 is 0 Å². The highest BCUT2D eigenvalue weighted by Gasteiger charge is 2.53. The van der Waals surface area contributed by atoms with Crippen LogP contribution >= 0.6 is 0 Å². The largest absolute Gasteiger partial charge is 0.351 e. The monoisotopic (exact) mass is 343 g/mol. The SMILES string of the molecule is CN1C[C@H]2CNC[C@@]2(C(=O)NCc2ccc3c(c2)n(C)c(=O)n3C)C1. The van der Waals surface area contributed by atoms with Crippen LogP contribution in [0.5, 0.6) is 0 Å². The molecule has 2 N–H and O–H groups in total. The lowest BCUT2D eigenvalue weighted by molar-refractivity contribution is -0.130. The maximum Gasteiger partial charge on any atom is 0.328 e. The number of rotatable bonds is 3. The third kappa shape index (κ3) is 2.41. The van der Waals surface area contributed by atoms with E-state index in [0.717, 1.165) is 42.8 Å². The number of likely N-dealkylation sites (tertiary alicyclic amines) is 1. The zero-order valence-electron chi connectivity index (χ0n) is 15.0. The zero-order chi connectivity index (χ0) is 17.8. The average molecular weight is 343 g/mol. The third-order valence-electron chi connectivity index (χ3n) is 5.94. The molecule has 0 saturated carbocycles. The van der Waals surface area contributed by atoms with Crippen LogP contribution in [0.1, 0.15) is 5.56 Å². The second-order valence-corrected chi connectivity index (χ2v) is 7.59. The first kappa shape index (κ1) is 16.4. The highest BCUT2D eigenvalue weighted by atomic mass is 16.2. The molecule has 2 fully saturated rings. The third-order valence-corrected chi connectivity index (χ3v) is 5.94. The molecule has 1 amide bonds. The van der Waals surface area contributed by atoms with E-state index >= 15 is 0 Å². The van der Waals surface area contributed by atoms with Crippen LogP contribution in [-0.2, 0) is 25.4 Å². The van der Waals surface area contributed by atoms with Crippen molar-refractivity contribution in [2.45, 2.75) is 6.54 Å². The molecule has 1 aromatic heterocycles. The Morgan fingerprint density at radius 1 is 1.28 bits per heavy atom. The molecule has 4 rings (SSSR count). The lowest BCUT2D eigenvalue weighted by Crippen LogP contribution is -2.46. The molecule has 1 aromatic carbocycles. The van der Waals surface area contributed by atoms with E-state index in [0.29, 0.717) is 12.5 Å². The van der Waals surface area contributed by atoms with Gasteiger partial charge in [-0.3, -0.25) is 13.9 Å². The number of hydrogen-bond acceptors (Lipinski definition) is 4. The highest BCUT2D eigenvalue weighted by molar-refractivity contribution is 5.84. The maximum atomic E-state index is 12.9. The summed E-state index contributed by atoms with van der Waals surface area (Å²) in [6.07, 6.45) is 0. The maximum absolute atomic E-state index is 12.9. The first-order valence-electron chi connectivity index (χ1n) is 8.74. The van der Waals surface area contributed by atoms with Crippen LogP contribution in [-0.4, -0.2) is 53.2 Å². The number of carbonyl (C=O) groups excluding carboxylic acids is 1. The molecule has 3 heterocycles. The molecule has 2 aliphatic rings. The first-order valence-corrected chi connectivity index (χ1v) is 8.74. The number of benzene rings is 1. The van der Waals surface area contributed by atoms with Gasteiger partial charge >= 0.3 is 5.69 Å². The summed E-state index contributed by atoms with van der Waals surface area (Å²) >= 11 is 0. The minimum absolute atomic E-state index is 0.0380. The molecule has 2 aromatic rings. The molecule has 0 aliphatic carbocycles. The predicted molar refractivity (Wildman–Crippen MR) is 96.3 cm³/mol. The van der Waals surface area contributed by atoms with E-state index in [1.54, 1.807) is 23.2 Å². The van der Waals surface area contributed by atoms with Crippen LogP contribution in [0.15, 0.2) is 23.0 Å². The fourth-order valence-corrected chi connectivity index (χ4v) is 4.51. The summed E-state index contributed by atoms with van der Waals surface area (Å²) in [5.41, 5.74) is 2.45. The molecule has 0 bridgehead atoms. The Hall–Kier alpha value is -2.12. The van der Waals surface area contributed by atoms with Gasteiger partial charge < -0.3 is 15.5 Å². The van der Waals surface area contributed by atoms with Crippen molar-refractivity contribution in [1.29, 1.82) is 0 Å². The summed E-state index contributed by atoms with van der Waals surface area (Å²) in [4.78, 5) is 27.2. The van der Waals surface area contributed by atoms with Crippen molar-refractivity contribution in [3.8, 4) is 0 Å².